The largest absolute Gasteiger partial charge is 0.478 e. The Balaban J connectivity index is 1.73. The molecule has 2 heterocycles. The van der Waals surface area contributed by atoms with Crippen LogP contribution in [0.3, 0.4) is 0 Å². The number of hydrogen-bond acceptors (Lipinski definition) is 5. The summed E-state index contributed by atoms with van der Waals surface area (Å²) in [6, 6.07) is 7.21. The number of aromatic nitrogens is 2. The highest BCUT2D eigenvalue weighted by Gasteiger charge is 2.45. The lowest BCUT2D eigenvalue weighted by molar-refractivity contribution is -0.159. The lowest BCUT2D eigenvalue weighted by atomic mass is 9.90. The second kappa shape index (κ2) is 6.99. The van der Waals surface area contributed by atoms with Crippen LogP contribution >= 0.6 is 0 Å². The number of H-pyrrole nitrogens is 1. The van der Waals surface area contributed by atoms with Gasteiger partial charge >= 0.3 is 5.97 Å². The minimum absolute atomic E-state index is 0.118. The molecule has 1 aliphatic rings. The van der Waals surface area contributed by atoms with Crippen LogP contribution in [-0.4, -0.2) is 50.5 Å². The summed E-state index contributed by atoms with van der Waals surface area (Å²) in [6.07, 6.45) is 2.61. The Morgan fingerprint density at radius 3 is 2.62 bits per heavy atom. The molecule has 0 unspecified atom stereocenters. The first kappa shape index (κ1) is 17.7. The molecule has 3 rings (SSSR count). The number of benzene rings is 1. The van der Waals surface area contributed by atoms with Crippen LogP contribution in [0.5, 0.6) is 5.75 Å². The molecule has 1 amide bonds. The van der Waals surface area contributed by atoms with Gasteiger partial charge in [-0.2, -0.15) is 0 Å². The van der Waals surface area contributed by atoms with Crippen LogP contribution in [0.1, 0.15) is 28.9 Å². The maximum absolute atomic E-state index is 12.4. The molecule has 8 nitrogen and oxygen atoms in total. The number of hydrogen-bond donors (Lipinski definition) is 2. The fraction of sp³-hybridized carbons (Fsp3) is 0.333. The number of carbonyl (C=O) groups is 2. The zero-order valence-corrected chi connectivity index (χ0v) is 14.3. The number of aromatic amines is 1. The van der Waals surface area contributed by atoms with Crippen molar-refractivity contribution in [2.75, 3.05) is 13.1 Å². The molecule has 0 saturated carbocycles. The van der Waals surface area contributed by atoms with Crippen molar-refractivity contribution in [3.8, 4) is 5.75 Å². The quantitative estimate of drug-likeness (QED) is 0.851. The third-order valence-electron chi connectivity index (χ3n) is 4.44. The van der Waals surface area contributed by atoms with Crippen molar-refractivity contribution in [2.45, 2.75) is 25.4 Å². The normalized spacial score (nSPS) is 16.1. The van der Waals surface area contributed by atoms with E-state index >= 15 is 0 Å². The number of carbonyl (C=O) groups excluding carboxylic acids is 1. The number of carboxylic acid groups (broad SMARTS) is 1. The molecule has 2 aromatic rings. The molecular weight excluding hydrogens is 338 g/mol. The summed E-state index contributed by atoms with van der Waals surface area (Å²) >= 11 is 0. The number of rotatable bonds is 4. The first-order valence-corrected chi connectivity index (χ1v) is 8.23. The Morgan fingerprint density at radius 1 is 1.31 bits per heavy atom. The van der Waals surface area contributed by atoms with Gasteiger partial charge in [0.15, 0.2) is 0 Å². The van der Waals surface area contributed by atoms with Crippen molar-refractivity contribution in [2.24, 2.45) is 0 Å². The lowest BCUT2D eigenvalue weighted by Gasteiger charge is -2.38. The summed E-state index contributed by atoms with van der Waals surface area (Å²) in [6.45, 7) is 2.34. The molecule has 26 heavy (non-hydrogen) atoms. The van der Waals surface area contributed by atoms with E-state index in [1.807, 2.05) is 13.0 Å². The predicted octanol–water partition coefficient (Wildman–Crippen LogP) is 1.22. The third-order valence-corrected chi connectivity index (χ3v) is 4.44. The van der Waals surface area contributed by atoms with E-state index in [0.29, 0.717) is 5.75 Å². The van der Waals surface area contributed by atoms with Gasteiger partial charge in [0.25, 0.3) is 11.5 Å². The second-order valence-electron chi connectivity index (χ2n) is 6.31. The summed E-state index contributed by atoms with van der Waals surface area (Å²) < 4.78 is 5.83. The van der Waals surface area contributed by atoms with Crippen LogP contribution in [0.4, 0.5) is 0 Å². The number of nitrogens with zero attached hydrogens (tertiary/aromatic N) is 2. The van der Waals surface area contributed by atoms with Crippen molar-refractivity contribution in [3.63, 3.8) is 0 Å². The van der Waals surface area contributed by atoms with E-state index in [1.54, 1.807) is 18.2 Å². The SMILES string of the molecule is Cc1cccc(OC2(C(=O)O)CCN(C(=O)c3c[nH]c(=O)cn3)CC2)c1. The first-order chi connectivity index (χ1) is 12.4. The Hall–Kier alpha value is -3.16. The molecule has 1 aromatic heterocycles. The molecule has 0 bridgehead atoms. The molecule has 136 valence electrons. The van der Waals surface area contributed by atoms with Gasteiger partial charge in [-0.05, 0) is 24.6 Å². The minimum atomic E-state index is -1.37. The molecule has 0 atom stereocenters. The second-order valence-corrected chi connectivity index (χ2v) is 6.31. The van der Waals surface area contributed by atoms with Gasteiger partial charge in [0.2, 0.25) is 5.60 Å². The van der Waals surface area contributed by atoms with Crippen molar-refractivity contribution in [3.05, 3.63) is 58.3 Å². The topological polar surface area (TPSA) is 113 Å². The smallest absolute Gasteiger partial charge is 0.348 e. The van der Waals surface area contributed by atoms with Crippen molar-refractivity contribution < 1.29 is 19.4 Å². The van der Waals surface area contributed by atoms with Crippen LogP contribution in [0.15, 0.2) is 41.5 Å². The maximum atomic E-state index is 12.4. The van der Waals surface area contributed by atoms with Gasteiger partial charge in [0.05, 0.1) is 6.20 Å². The fourth-order valence-corrected chi connectivity index (χ4v) is 2.96. The Morgan fingerprint density at radius 2 is 2.04 bits per heavy atom. The van der Waals surface area contributed by atoms with E-state index in [0.717, 1.165) is 11.8 Å². The zero-order chi connectivity index (χ0) is 18.7. The molecule has 0 radical (unpaired) electrons. The monoisotopic (exact) mass is 357 g/mol. The van der Waals surface area contributed by atoms with Gasteiger partial charge in [-0.25, -0.2) is 9.78 Å². The number of nitrogens with one attached hydrogen (secondary N) is 1. The van der Waals surface area contributed by atoms with E-state index in [1.165, 1.54) is 11.1 Å². The summed E-state index contributed by atoms with van der Waals surface area (Å²) in [5.41, 5.74) is -0.674. The molecule has 1 fully saturated rings. The van der Waals surface area contributed by atoms with Gasteiger partial charge < -0.3 is 19.7 Å². The predicted molar refractivity (Wildman–Crippen MR) is 92.2 cm³/mol. The number of aliphatic carboxylic acids is 1. The maximum Gasteiger partial charge on any atom is 0.348 e. The first-order valence-electron chi connectivity index (χ1n) is 8.23. The summed E-state index contributed by atoms with van der Waals surface area (Å²) in [4.78, 5) is 43.1. The third kappa shape index (κ3) is 3.58. The van der Waals surface area contributed by atoms with Crippen LogP contribution in [0.25, 0.3) is 0 Å². The average molecular weight is 357 g/mol. The van der Waals surface area contributed by atoms with Crippen molar-refractivity contribution >= 4 is 11.9 Å². The number of amides is 1. The molecule has 1 aromatic carbocycles. The van der Waals surface area contributed by atoms with E-state index in [2.05, 4.69) is 9.97 Å². The van der Waals surface area contributed by atoms with Gasteiger partial charge in [0, 0.05) is 32.1 Å². The van der Waals surface area contributed by atoms with Crippen molar-refractivity contribution in [1.82, 2.24) is 14.9 Å². The Labute approximate surface area is 149 Å². The summed E-state index contributed by atoms with van der Waals surface area (Å²) in [7, 11) is 0. The van der Waals surface area contributed by atoms with E-state index in [9.17, 15) is 19.5 Å². The Bertz CT molecular complexity index is 864. The average Bonchev–Trinajstić information content (AvgIpc) is 2.62. The number of piperidine rings is 1. The molecule has 0 spiro atoms. The van der Waals surface area contributed by atoms with Gasteiger partial charge in [0.1, 0.15) is 11.4 Å². The number of ether oxygens (including phenoxy) is 1. The van der Waals surface area contributed by atoms with Crippen LogP contribution in [-0.2, 0) is 4.79 Å². The molecule has 0 aliphatic carbocycles. The van der Waals surface area contributed by atoms with Gasteiger partial charge in [-0.3, -0.25) is 9.59 Å². The van der Waals surface area contributed by atoms with Crippen LogP contribution in [0.2, 0.25) is 0 Å². The fourth-order valence-electron chi connectivity index (χ4n) is 2.96. The van der Waals surface area contributed by atoms with Crippen molar-refractivity contribution in [1.29, 1.82) is 0 Å². The molecular formula is C18H19N3O5. The van der Waals surface area contributed by atoms with E-state index in [-0.39, 0.29) is 37.5 Å². The van der Waals surface area contributed by atoms with Gasteiger partial charge in [-0.1, -0.05) is 12.1 Å². The van der Waals surface area contributed by atoms with Crippen LogP contribution in [0, 0.1) is 6.92 Å². The summed E-state index contributed by atoms with van der Waals surface area (Å²) in [5.74, 6) is -0.904. The minimum Gasteiger partial charge on any atom is -0.478 e. The lowest BCUT2D eigenvalue weighted by Crippen LogP contribution is -2.54. The van der Waals surface area contributed by atoms with Crippen LogP contribution < -0.4 is 10.3 Å². The van der Waals surface area contributed by atoms with E-state index < -0.39 is 17.1 Å². The summed E-state index contributed by atoms with van der Waals surface area (Å²) in [5, 5.41) is 9.71. The highest BCUT2D eigenvalue weighted by molar-refractivity contribution is 5.92. The zero-order valence-electron chi connectivity index (χ0n) is 14.3. The number of aryl methyl sites for hydroxylation is 1. The molecule has 1 saturated heterocycles. The molecule has 1 aliphatic heterocycles. The number of carboxylic acids is 1. The highest BCUT2D eigenvalue weighted by atomic mass is 16.5. The number of likely N-dealkylation sites (tertiary alicyclic amines) is 1. The molecule has 2 N–H and O–H groups in total. The van der Waals surface area contributed by atoms with E-state index in [4.69, 9.17) is 4.74 Å². The highest BCUT2D eigenvalue weighted by Crippen LogP contribution is 2.30. The van der Waals surface area contributed by atoms with Gasteiger partial charge in [-0.15, -0.1) is 0 Å². The standard InChI is InChI=1S/C18H19N3O5/c1-12-3-2-4-13(9-12)26-18(17(24)25)5-7-21(8-6-18)16(23)14-10-20-15(22)11-19-14/h2-4,9-11H,5-8H2,1H3,(H,20,22)(H,24,25). The Kier molecular flexibility index (Phi) is 4.75. The molecule has 8 heteroatoms.